The van der Waals surface area contributed by atoms with Crippen molar-refractivity contribution in [1.82, 2.24) is 10.2 Å². The number of hydrogen-bond donors (Lipinski definition) is 1. The Labute approximate surface area is 155 Å². The molecule has 1 fully saturated rings. The minimum Gasteiger partial charge on any atom is -0.497 e. The van der Waals surface area contributed by atoms with E-state index in [4.69, 9.17) is 13.9 Å². The molecule has 140 valence electrons. The van der Waals surface area contributed by atoms with Crippen molar-refractivity contribution in [2.45, 2.75) is 31.8 Å². The Morgan fingerprint density at radius 1 is 1.23 bits per heavy atom. The van der Waals surface area contributed by atoms with Gasteiger partial charge in [-0.05, 0) is 43.0 Å². The van der Waals surface area contributed by atoms with E-state index in [0.29, 0.717) is 12.0 Å². The van der Waals surface area contributed by atoms with Gasteiger partial charge in [-0.25, -0.2) is 0 Å². The Bertz CT molecular complexity index is 693. The number of furan rings is 1. The zero-order valence-corrected chi connectivity index (χ0v) is 15.4. The number of nitrogens with zero attached hydrogens (tertiary/aromatic N) is 1. The smallest absolute Gasteiger partial charge is 0.126 e. The van der Waals surface area contributed by atoms with Crippen LogP contribution in [0.3, 0.4) is 0 Å². The van der Waals surface area contributed by atoms with Crippen molar-refractivity contribution in [1.29, 1.82) is 0 Å². The van der Waals surface area contributed by atoms with Crippen LogP contribution in [-0.4, -0.2) is 44.3 Å². The van der Waals surface area contributed by atoms with Gasteiger partial charge >= 0.3 is 0 Å². The summed E-state index contributed by atoms with van der Waals surface area (Å²) in [4.78, 5) is 2.48. The van der Waals surface area contributed by atoms with Crippen LogP contribution >= 0.6 is 0 Å². The summed E-state index contributed by atoms with van der Waals surface area (Å²) in [6.07, 6.45) is 5.22. The first-order chi connectivity index (χ1) is 12.8. The topological polar surface area (TPSA) is 46.9 Å². The molecule has 2 aliphatic heterocycles. The van der Waals surface area contributed by atoms with Gasteiger partial charge in [0.05, 0.1) is 26.5 Å². The third-order valence-electron chi connectivity index (χ3n) is 5.50. The maximum Gasteiger partial charge on any atom is 0.126 e. The molecule has 0 aliphatic carbocycles. The van der Waals surface area contributed by atoms with Gasteiger partial charge in [0.25, 0.3) is 0 Å². The lowest BCUT2D eigenvalue weighted by molar-refractivity contribution is 0.167. The molecule has 2 aromatic rings. The summed E-state index contributed by atoms with van der Waals surface area (Å²) < 4.78 is 16.7. The van der Waals surface area contributed by atoms with Crippen molar-refractivity contribution in [3.8, 4) is 11.5 Å². The van der Waals surface area contributed by atoms with Crippen LogP contribution in [-0.2, 0) is 13.0 Å². The molecular formula is C21H28N2O3. The Morgan fingerprint density at radius 2 is 2.12 bits per heavy atom. The third-order valence-corrected chi connectivity index (χ3v) is 5.50. The second kappa shape index (κ2) is 8.14. The number of ether oxygens (including phenoxy) is 2. The molecule has 1 aromatic carbocycles. The highest BCUT2D eigenvalue weighted by molar-refractivity contribution is 5.42. The van der Waals surface area contributed by atoms with Crippen LogP contribution in [0.25, 0.3) is 0 Å². The molecule has 0 amide bonds. The fourth-order valence-electron chi connectivity index (χ4n) is 3.92. The fourth-order valence-corrected chi connectivity index (χ4v) is 3.92. The molecule has 0 radical (unpaired) electrons. The summed E-state index contributed by atoms with van der Waals surface area (Å²) in [6.45, 7) is 4.99. The van der Waals surface area contributed by atoms with Crippen molar-refractivity contribution >= 4 is 0 Å². The summed E-state index contributed by atoms with van der Waals surface area (Å²) in [6, 6.07) is 10.8. The van der Waals surface area contributed by atoms with E-state index in [1.54, 1.807) is 13.4 Å². The molecule has 2 aliphatic rings. The van der Waals surface area contributed by atoms with Crippen molar-refractivity contribution < 1.29 is 13.9 Å². The monoisotopic (exact) mass is 356 g/mol. The van der Waals surface area contributed by atoms with Gasteiger partial charge in [-0.2, -0.15) is 0 Å². The third kappa shape index (κ3) is 4.22. The number of piperidine rings is 1. The largest absolute Gasteiger partial charge is 0.497 e. The van der Waals surface area contributed by atoms with Gasteiger partial charge in [0.1, 0.15) is 17.3 Å². The zero-order valence-electron chi connectivity index (χ0n) is 15.4. The molecule has 1 aromatic heterocycles. The summed E-state index contributed by atoms with van der Waals surface area (Å²) >= 11 is 0. The Morgan fingerprint density at radius 3 is 2.88 bits per heavy atom. The van der Waals surface area contributed by atoms with E-state index < -0.39 is 0 Å². The van der Waals surface area contributed by atoms with Gasteiger partial charge in [-0.15, -0.1) is 0 Å². The fraction of sp³-hybridized carbons (Fsp3) is 0.524. The number of hydrogen-bond acceptors (Lipinski definition) is 5. The second-order valence-electron chi connectivity index (χ2n) is 7.39. The predicted octanol–water partition coefficient (Wildman–Crippen LogP) is 3.09. The highest BCUT2D eigenvalue weighted by Gasteiger charge is 2.23. The van der Waals surface area contributed by atoms with Crippen LogP contribution < -0.4 is 14.8 Å². The lowest BCUT2D eigenvalue weighted by atomic mass is 9.95. The Kier molecular flexibility index (Phi) is 5.46. The maximum absolute atomic E-state index is 5.96. The van der Waals surface area contributed by atoms with Gasteiger partial charge in [0.15, 0.2) is 0 Å². The van der Waals surface area contributed by atoms with Gasteiger partial charge < -0.3 is 19.2 Å². The van der Waals surface area contributed by atoms with Crippen LogP contribution in [0.5, 0.6) is 11.5 Å². The van der Waals surface area contributed by atoms with Crippen molar-refractivity contribution in [2.24, 2.45) is 5.92 Å². The SMILES string of the molecule is COc1ccc2c(c1)OC[C@H](CNC1CCN(Cc3ccco3)CC1)C2. The first-order valence-electron chi connectivity index (χ1n) is 9.58. The molecule has 1 atom stereocenters. The first kappa shape index (κ1) is 17.4. The minimum absolute atomic E-state index is 0.539. The van der Waals surface area contributed by atoms with E-state index in [-0.39, 0.29) is 0 Å². The summed E-state index contributed by atoms with van der Waals surface area (Å²) in [7, 11) is 1.69. The average Bonchev–Trinajstić information content (AvgIpc) is 3.20. The normalized spacial score (nSPS) is 21.2. The van der Waals surface area contributed by atoms with Crippen molar-refractivity contribution in [3.05, 3.63) is 47.9 Å². The van der Waals surface area contributed by atoms with Gasteiger partial charge in [0.2, 0.25) is 0 Å². The zero-order chi connectivity index (χ0) is 17.8. The molecule has 5 nitrogen and oxygen atoms in total. The van der Waals surface area contributed by atoms with Crippen LogP contribution in [0.15, 0.2) is 41.0 Å². The molecule has 4 rings (SSSR count). The lowest BCUT2D eigenvalue weighted by Crippen LogP contribution is -2.44. The van der Waals surface area contributed by atoms with E-state index in [1.807, 2.05) is 18.2 Å². The molecule has 1 saturated heterocycles. The Hall–Kier alpha value is -1.98. The number of nitrogens with one attached hydrogen (secondary N) is 1. The molecule has 0 bridgehead atoms. The van der Waals surface area contributed by atoms with E-state index >= 15 is 0 Å². The highest BCUT2D eigenvalue weighted by Crippen LogP contribution is 2.30. The minimum atomic E-state index is 0.539. The quantitative estimate of drug-likeness (QED) is 0.862. The number of rotatable bonds is 6. The number of likely N-dealkylation sites (tertiary alicyclic amines) is 1. The Balaban J connectivity index is 1.20. The molecule has 1 N–H and O–H groups in total. The van der Waals surface area contributed by atoms with E-state index in [2.05, 4.69) is 22.3 Å². The molecule has 0 spiro atoms. The number of methoxy groups -OCH3 is 1. The van der Waals surface area contributed by atoms with Crippen LogP contribution in [0.2, 0.25) is 0 Å². The highest BCUT2D eigenvalue weighted by atomic mass is 16.5. The molecule has 0 unspecified atom stereocenters. The first-order valence-corrected chi connectivity index (χ1v) is 9.58. The molecule has 3 heterocycles. The average molecular weight is 356 g/mol. The van der Waals surface area contributed by atoms with Gasteiger partial charge in [0, 0.05) is 37.7 Å². The van der Waals surface area contributed by atoms with Gasteiger partial charge in [-0.3, -0.25) is 4.90 Å². The summed E-state index contributed by atoms with van der Waals surface area (Å²) in [5, 5.41) is 3.77. The standard InChI is InChI=1S/C21H28N2O3/c1-24-19-5-4-17-11-16(15-26-21(17)12-19)13-22-18-6-8-23(9-7-18)14-20-3-2-10-25-20/h2-5,10,12,16,18,22H,6-9,11,13-15H2,1H3/t16-/m0/s1. The molecular weight excluding hydrogens is 328 g/mol. The van der Waals surface area contributed by atoms with E-state index in [0.717, 1.165) is 56.5 Å². The predicted molar refractivity (Wildman–Crippen MR) is 101 cm³/mol. The lowest BCUT2D eigenvalue weighted by Gasteiger charge is -2.33. The van der Waals surface area contributed by atoms with Crippen molar-refractivity contribution in [3.63, 3.8) is 0 Å². The van der Waals surface area contributed by atoms with Gasteiger partial charge in [-0.1, -0.05) is 6.07 Å². The van der Waals surface area contributed by atoms with Crippen LogP contribution in [0.4, 0.5) is 0 Å². The molecule has 0 saturated carbocycles. The maximum atomic E-state index is 5.96. The molecule has 26 heavy (non-hydrogen) atoms. The number of fused-ring (bicyclic) bond motifs is 1. The molecule has 5 heteroatoms. The number of benzene rings is 1. The second-order valence-corrected chi connectivity index (χ2v) is 7.39. The summed E-state index contributed by atoms with van der Waals surface area (Å²) in [5.74, 6) is 3.44. The summed E-state index contributed by atoms with van der Waals surface area (Å²) in [5.41, 5.74) is 1.29. The van der Waals surface area contributed by atoms with Crippen molar-refractivity contribution in [2.75, 3.05) is 33.4 Å². The van der Waals surface area contributed by atoms with Crippen LogP contribution in [0.1, 0.15) is 24.2 Å². The van der Waals surface area contributed by atoms with Crippen LogP contribution in [0, 0.1) is 5.92 Å². The van der Waals surface area contributed by atoms with E-state index in [9.17, 15) is 0 Å². The van der Waals surface area contributed by atoms with E-state index in [1.165, 1.54) is 18.4 Å².